The molecule has 0 spiro atoms. The summed E-state index contributed by atoms with van der Waals surface area (Å²) in [6.07, 6.45) is 4.17. The molecule has 0 saturated carbocycles. The van der Waals surface area contributed by atoms with Crippen molar-refractivity contribution in [3.05, 3.63) is 35.9 Å². The first kappa shape index (κ1) is 20.1. The predicted octanol–water partition coefficient (Wildman–Crippen LogP) is 5.77. The van der Waals surface area contributed by atoms with E-state index in [0.717, 1.165) is 25.7 Å². The molecule has 1 aromatic rings. The zero-order chi connectivity index (χ0) is 17.5. The SMILES string of the molecule is CCCC[C@H](O[Si](C)(C)C(C)(C)C)C(=O)CCc1ccccc1. The lowest BCUT2D eigenvalue weighted by Crippen LogP contribution is -2.46. The van der Waals surface area contributed by atoms with Gasteiger partial charge >= 0.3 is 0 Å². The molecule has 0 aromatic heterocycles. The highest BCUT2D eigenvalue weighted by molar-refractivity contribution is 6.74. The topological polar surface area (TPSA) is 26.3 Å². The van der Waals surface area contributed by atoms with Crippen molar-refractivity contribution in [1.82, 2.24) is 0 Å². The fourth-order valence-corrected chi connectivity index (χ4v) is 3.59. The number of unbranched alkanes of at least 4 members (excludes halogenated alkanes) is 1. The van der Waals surface area contributed by atoms with Crippen molar-refractivity contribution >= 4 is 14.1 Å². The highest BCUT2D eigenvalue weighted by Crippen LogP contribution is 2.38. The Bertz CT molecular complexity index is 474. The summed E-state index contributed by atoms with van der Waals surface area (Å²) in [6, 6.07) is 10.2. The molecule has 0 radical (unpaired) electrons. The van der Waals surface area contributed by atoms with Gasteiger partial charge in [-0.15, -0.1) is 0 Å². The number of rotatable bonds is 9. The van der Waals surface area contributed by atoms with Gasteiger partial charge in [-0.05, 0) is 36.5 Å². The molecule has 0 saturated heterocycles. The summed E-state index contributed by atoms with van der Waals surface area (Å²) in [4.78, 5) is 12.7. The summed E-state index contributed by atoms with van der Waals surface area (Å²) < 4.78 is 6.44. The van der Waals surface area contributed by atoms with E-state index in [2.05, 4.69) is 52.9 Å². The predicted molar refractivity (Wildman–Crippen MR) is 101 cm³/mol. The van der Waals surface area contributed by atoms with E-state index in [1.54, 1.807) is 0 Å². The highest BCUT2D eigenvalue weighted by atomic mass is 28.4. The van der Waals surface area contributed by atoms with Gasteiger partial charge in [0.15, 0.2) is 14.1 Å². The van der Waals surface area contributed by atoms with Gasteiger partial charge < -0.3 is 4.43 Å². The first-order valence-electron chi connectivity index (χ1n) is 8.92. The molecule has 1 rings (SSSR count). The number of benzene rings is 1. The monoisotopic (exact) mass is 334 g/mol. The lowest BCUT2D eigenvalue weighted by molar-refractivity contribution is -0.126. The summed E-state index contributed by atoms with van der Waals surface area (Å²) in [6.45, 7) is 13.3. The van der Waals surface area contributed by atoms with Crippen molar-refractivity contribution in [1.29, 1.82) is 0 Å². The molecule has 1 atom stereocenters. The number of carbonyl (C=O) groups excluding carboxylic acids is 1. The van der Waals surface area contributed by atoms with Gasteiger partial charge in [-0.2, -0.15) is 0 Å². The minimum atomic E-state index is -1.91. The number of Topliss-reactive ketones (excluding diaryl/α,β-unsaturated/α-hetero) is 1. The Kier molecular flexibility index (Phi) is 7.69. The fraction of sp³-hybridized carbons (Fsp3) is 0.650. The molecule has 2 nitrogen and oxygen atoms in total. The van der Waals surface area contributed by atoms with Gasteiger partial charge in [0.05, 0.1) is 0 Å². The quantitative estimate of drug-likeness (QED) is 0.536. The Labute approximate surface area is 143 Å². The molecular formula is C20H34O2Si. The van der Waals surface area contributed by atoms with Gasteiger partial charge in [0.2, 0.25) is 0 Å². The first-order valence-corrected chi connectivity index (χ1v) is 11.8. The standard InChI is InChI=1S/C20H34O2Si/c1-7-8-14-19(22-23(5,6)20(2,3)4)18(21)16-15-17-12-10-9-11-13-17/h9-13,19H,7-8,14-16H2,1-6H3/t19-/m0/s1. The van der Waals surface area contributed by atoms with Crippen LogP contribution in [0.1, 0.15) is 58.9 Å². The molecule has 0 aliphatic heterocycles. The normalized spacial score (nSPS) is 13.8. The molecule has 0 bridgehead atoms. The van der Waals surface area contributed by atoms with Crippen molar-refractivity contribution in [2.75, 3.05) is 0 Å². The molecule has 130 valence electrons. The van der Waals surface area contributed by atoms with Crippen molar-refractivity contribution in [3.8, 4) is 0 Å². The summed E-state index contributed by atoms with van der Waals surface area (Å²) in [7, 11) is -1.91. The molecule has 0 fully saturated rings. The molecular weight excluding hydrogens is 300 g/mol. The third kappa shape index (κ3) is 6.60. The largest absolute Gasteiger partial charge is 0.407 e. The van der Waals surface area contributed by atoms with Crippen LogP contribution in [0.15, 0.2) is 30.3 Å². The number of ketones is 1. The molecule has 0 aliphatic rings. The van der Waals surface area contributed by atoms with Crippen LogP contribution in [0.2, 0.25) is 18.1 Å². The fourth-order valence-electron chi connectivity index (χ4n) is 2.28. The molecule has 0 aliphatic carbocycles. The Hall–Kier alpha value is -0.933. The maximum atomic E-state index is 12.7. The molecule has 0 unspecified atom stereocenters. The van der Waals surface area contributed by atoms with Gasteiger partial charge in [0.1, 0.15) is 6.10 Å². The first-order chi connectivity index (χ1) is 10.7. The van der Waals surface area contributed by atoms with Crippen LogP contribution >= 0.6 is 0 Å². The number of aryl methyl sites for hydroxylation is 1. The average molecular weight is 335 g/mol. The molecule has 0 N–H and O–H groups in total. The van der Waals surface area contributed by atoms with Crippen LogP contribution in [-0.2, 0) is 15.6 Å². The molecule has 0 amide bonds. The second-order valence-electron chi connectivity index (χ2n) is 7.96. The summed E-state index contributed by atoms with van der Waals surface area (Å²) in [5.74, 6) is 0.270. The Morgan fingerprint density at radius 3 is 2.30 bits per heavy atom. The van der Waals surface area contributed by atoms with Gasteiger partial charge in [-0.1, -0.05) is 70.9 Å². The van der Waals surface area contributed by atoms with E-state index in [4.69, 9.17) is 4.43 Å². The van der Waals surface area contributed by atoms with Crippen LogP contribution < -0.4 is 0 Å². The Balaban J connectivity index is 2.70. The van der Waals surface area contributed by atoms with E-state index in [9.17, 15) is 4.79 Å². The van der Waals surface area contributed by atoms with E-state index in [1.807, 2.05) is 18.2 Å². The lowest BCUT2D eigenvalue weighted by atomic mass is 10.0. The number of carbonyl (C=O) groups is 1. The van der Waals surface area contributed by atoms with Crippen molar-refractivity contribution in [2.24, 2.45) is 0 Å². The van der Waals surface area contributed by atoms with Gasteiger partial charge in [0.25, 0.3) is 0 Å². The molecule has 3 heteroatoms. The van der Waals surface area contributed by atoms with Crippen molar-refractivity contribution in [3.63, 3.8) is 0 Å². The second kappa shape index (κ2) is 8.79. The maximum absolute atomic E-state index is 12.7. The van der Waals surface area contributed by atoms with Crippen LogP contribution in [0.25, 0.3) is 0 Å². The highest BCUT2D eigenvalue weighted by Gasteiger charge is 2.40. The van der Waals surface area contributed by atoms with E-state index in [0.29, 0.717) is 6.42 Å². The van der Waals surface area contributed by atoms with Crippen LogP contribution in [0.3, 0.4) is 0 Å². The number of hydrogen-bond acceptors (Lipinski definition) is 2. The summed E-state index contributed by atoms with van der Waals surface area (Å²) >= 11 is 0. The number of hydrogen-bond donors (Lipinski definition) is 0. The second-order valence-corrected chi connectivity index (χ2v) is 12.7. The van der Waals surface area contributed by atoms with Gasteiger partial charge in [-0.3, -0.25) is 4.79 Å². The van der Waals surface area contributed by atoms with E-state index in [1.165, 1.54) is 5.56 Å². The Morgan fingerprint density at radius 1 is 1.17 bits per heavy atom. The van der Waals surface area contributed by atoms with Crippen LogP contribution in [0, 0.1) is 0 Å². The van der Waals surface area contributed by atoms with Gasteiger partial charge in [-0.25, -0.2) is 0 Å². The van der Waals surface area contributed by atoms with Crippen molar-refractivity contribution in [2.45, 2.75) is 84.0 Å². The average Bonchev–Trinajstić information content (AvgIpc) is 2.48. The van der Waals surface area contributed by atoms with Crippen molar-refractivity contribution < 1.29 is 9.22 Å². The van der Waals surface area contributed by atoms with Gasteiger partial charge in [0, 0.05) is 6.42 Å². The Morgan fingerprint density at radius 2 is 1.78 bits per heavy atom. The van der Waals surface area contributed by atoms with Crippen LogP contribution in [0.5, 0.6) is 0 Å². The van der Waals surface area contributed by atoms with Crippen LogP contribution in [0.4, 0.5) is 0 Å². The molecule has 1 aromatic carbocycles. The summed E-state index contributed by atoms with van der Waals surface area (Å²) in [5.41, 5.74) is 1.22. The smallest absolute Gasteiger partial charge is 0.193 e. The maximum Gasteiger partial charge on any atom is 0.193 e. The zero-order valence-corrected chi connectivity index (χ0v) is 16.8. The third-order valence-corrected chi connectivity index (χ3v) is 9.41. The lowest BCUT2D eigenvalue weighted by Gasteiger charge is -2.39. The minimum Gasteiger partial charge on any atom is -0.407 e. The summed E-state index contributed by atoms with van der Waals surface area (Å²) in [5, 5.41) is 0.136. The zero-order valence-electron chi connectivity index (χ0n) is 15.8. The van der Waals surface area contributed by atoms with E-state index in [-0.39, 0.29) is 16.9 Å². The molecule has 0 heterocycles. The minimum absolute atomic E-state index is 0.136. The third-order valence-electron chi connectivity index (χ3n) is 4.92. The van der Waals surface area contributed by atoms with E-state index < -0.39 is 8.32 Å². The molecule has 23 heavy (non-hydrogen) atoms. The van der Waals surface area contributed by atoms with Crippen LogP contribution in [-0.4, -0.2) is 20.2 Å². The van der Waals surface area contributed by atoms with E-state index >= 15 is 0 Å².